The summed E-state index contributed by atoms with van der Waals surface area (Å²) in [6, 6.07) is 11.7. The minimum absolute atomic E-state index is 0.253. The molecule has 1 atom stereocenters. The summed E-state index contributed by atoms with van der Waals surface area (Å²) in [6.45, 7) is -0.290. The smallest absolute Gasteiger partial charge is 0.387 e. The predicted octanol–water partition coefficient (Wildman–Crippen LogP) is 4.24. The maximum Gasteiger partial charge on any atom is 0.416 e. The number of hydrogen-bond acceptors (Lipinski definition) is 2. The second kappa shape index (κ2) is 6.93. The van der Waals surface area contributed by atoms with Gasteiger partial charge < -0.3 is 10.4 Å². The zero-order chi connectivity index (χ0) is 18.9. The molecule has 3 rings (SSSR count). The van der Waals surface area contributed by atoms with E-state index < -0.39 is 23.3 Å². The number of alkyl halides is 3. The number of hydrogen-bond donors (Lipinski definition) is 2. The third-order valence-electron chi connectivity index (χ3n) is 4.66. The maximum absolute atomic E-state index is 13.1. The number of amides is 1. The van der Waals surface area contributed by atoms with Gasteiger partial charge in [0.05, 0.1) is 17.1 Å². The number of nitrogens with one attached hydrogen (secondary N) is 1. The van der Waals surface area contributed by atoms with E-state index in [0.29, 0.717) is 17.9 Å². The molecule has 138 valence electrons. The van der Waals surface area contributed by atoms with Gasteiger partial charge in [0.1, 0.15) is 0 Å². The molecule has 1 fully saturated rings. The van der Waals surface area contributed by atoms with Crippen molar-refractivity contribution in [1.82, 2.24) is 5.32 Å². The van der Waals surface area contributed by atoms with Crippen molar-refractivity contribution in [3.05, 3.63) is 70.2 Å². The third kappa shape index (κ3) is 3.71. The molecule has 0 heterocycles. The molecule has 1 unspecified atom stereocenters. The van der Waals surface area contributed by atoms with Crippen LogP contribution in [-0.4, -0.2) is 17.6 Å². The van der Waals surface area contributed by atoms with Crippen molar-refractivity contribution in [1.29, 1.82) is 0 Å². The molecule has 26 heavy (non-hydrogen) atoms. The van der Waals surface area contributed by atoms with Crippen molar-refractivity contribution >= 4 is 17.5 Å². The summed E-state index contributed by atoms with van der Waals surface area (Å²) in [6.07, 6.45) is -4.72. The SMILES string of the molecule is O=C(NCC(O)c1ccccc1C(F)(F)F)C1(c2ccc(Cl)cc2)CC1. The van der Waals surface area contributed by atoms with Gasteiger partial charge in [0.25, 0.3) is 0 Å². The highest BCUT2D eigenvalue weighted by Gasteiger charge is 2.51. The van der Waals surface area contributed by atoms with Gasteiger partial charge in [-0.05, 0) is 42.2 Å². The second-order valence-electron chi connectivity index (χ2n) is 6.40. The summed E-state index contributed by atoms with van der Waals surface area (Å²) in [7, 11) is 0. The van der Waals surface area contributed by atoms with Crippen LogP contribution in [0.1, 0.15) is 35.6 Å². The largest absolute Gasteiger partial charge is 0.416 e. The highest BCUT2D eigenvalue weighted by Crippen LogP contribution is 2.48. The van der Waals surface area contributed by atoms with Crippen LogP contribution in [0.4, 0.5) is 13.2 Å². The van der Waals surface area contributed by atoms with Crippen molar-refractivity contribution in [3.8, 4) is 0 Å². The summed E-state index contributed by atoms with van der Waals surface area (Å²) in [5.41, 5.74) is -1.03. The van der Waals surface area contributed by atoms with Gasteiger partial charge in [0.2, 0.25) is 5.91 Å². The van der Waals surface area contributed by atoms with E-state index in [4.69, 9.17) is 11.6 Å². The van der Waals surface area contributed by atoms with Crippen LogP contribution in [0.15, 0.2) is 48.5 Å². The van der Waals surface area contributed by atoms with E-state index in [1.54, 1.807) is 24.3 Å². The number of halogens is 4. The number of carbonyl (C=O) groups is 1. The van der Waals surface area contributed by atoms with Crippen LogP contribution < -0.4 is 5.32 Å². The van der Waals surface area contributed by atoms with Crippen LogP contribution in [0.25, 0.3) is 0 Å². The van der Waals surface area contributed by atoms with Gasteiger partial charge in [-0.1, -0.05) is 41.9 Å². The molecule has 0 saturated heterocycles. The molecule has 2 aromatic rings. The average molecular weight is 384 g/mol. The fraction of sp³-hybridized carbons (Fsp3) is 0.316. The van der Waals surface area contributed by atoms with Crippen molar-refractivity contribution < 1.29 is 23.1 Å². The fourth-order valence-corrected chi connectivity index (χ4v) is 3.18. The van der Waals surface area contributed by atoms with E-state index in [1.807, 2.05) is 0 Å². The molecule has 2 N–H and O–H groups in total. The average Bonchev–Trinajstić information content (AvgIpc) is 3.41. The number of aliphatic hydroxyl groups is 1. The second-order valence-corrected chi connectivity index (χ2v) is 6.84. The van der Waals surface area contributed by atoms with E-state index in [-0.39, 0.29) is 18.0 Å². The number of aliphatic hydroxyl groups excluding tert-OH is 1. The highest BCUT2D eigenvalue weighted by molar-refractivity contribution is 6.30. The first-order chi connectivity index (χ1) is 12.2. The highest BCUT2D eigenvalue weighted by atomic mass is 35.5. The van der Waals surface area contributed by atoms with E-state index in [0.717, 1.165) is 11.6 Å². The number of rotatable bonds is 5. The Morgan fingerprint density at radius 1 is 1.15 bits per heavy atom. The first-order valence-electron chi connectivity index (χ1n) is 8.12. The molecular formula is C19H17ClF3NO2. The lowest BCUT2D eigenvalue weighted by Crippen LogP contribution is -2.37. The number of benzene rings is 2. The quantitative estimate of drug-likeness (QED) is 0.811. The Balaban J connectivity index is 1.70. The molecular weight excluding hydrogens is 367 g/mol. The molecule has 0 radical (unpaired) electrons. The van der Waals surface area contributed by atoms with Crippen LogP contribution in [0.2, 0.25) is 5.02 Å². The Hall–Kier alpha value is -2.05. The van der Waals surface area contributed by atoms with E-state index in [2.05, 4.69) is 5.32 Å². The van der Waals surface area contributed by atoms with Crippen LogP contribution >= 0.6 is 11.6 Å². The lowest BCUT2D eigenvalue weighted by molar-refractivity contribution is -0.139. The summed E-state index contributed by atoms with van der Waals surface area (Å²) in [4.78, 5) is 12.6. The van der Waals surface area contributed by atoms with Crippen molar-refractivity contribution in [2.45, 2.75) is 30.5 Å². The van der Waals surface area contributed by atoms with Gasteiger partial charge in [0, 0.05) is 11.6 Å². The molecule has 1 aliphatic carbocycles. The Labute approximate surface area is 153 Å². The molecule has 0 aromatic heterocycles. The Morgan fingerprint density at radius 3 is 2.35 bits per heavy atom. The van der Waals surface area contributed by atoms with E-state index >= 15 is 0 Å². The Bertz CT molecular complexity index is 801. The monoisotopic (exact) mass is 383 g/mol. The van der Waals surface area contributed by atoms with Crippen LogP contribution in [0, 0.1) is 0 Å². The lowest BCUT2D eigenvalue weighted by atomic mass is 9.94. The molecule has 7 heteroatoms. The van der Waals surface area contributed by atoms with Gasteiger partial charge in [-0.25, -0.2) is 0 Å². The topological polar surface area (TPSA) is 49.3 Å². The number of carbonyl (C=O) groups excluding carboxylic acids is 1. The maximum atomic E-state index is 13.1. The molecule has 0 aliphatic heterocycles. The summed E-state index contributed by atoms with van der Waals surface area (Å²) in [5.74, 6) is -0.302. The fourth-order valence-electron chi connectivity index (χ4n) is 3.06. The van der Waals surface area contributed by atoms with Crippen molar-refractivity contribution in [2.75, 3.05) is 6.54 Å². The lowest BCUT2D eigenvalue weighted by Gasteiger charge is -2.20. The predicted molar refractivity (Wildman–Crippen MR) is 91.8 cm³/mol. The molecule has 0 bridgehead atoms. The molecule has 1 aliphatic rings. The Morgan fingerprint density at radius 2 is 1.77 bits per heavy atom. The molecule has 2 aromatic carbocycles. The van der Waals surface area contributed by atoms with Crippen LogP contribution in [-0.2, 0) is 16.4 Å². The zero-order valence-electron chi connectivity index (χ0n) is 13.7. The van der Waals surface area contributed by atoms with Gasteiger partial charge in [-0.3, -0.25) is 4.79 Å². The summed E-state index contributed by atoms with van der Waals surface area (Å²) < 4.78 is 39.2. The molecule has 3 nitrogen and oxygen atoms in total. The van der Waals surface area contributed by atoms with E-state index in [9.17, 15) is 23.1 Å². The van der Waals surface area contributed by atoms with Crippen LogP contribution in [0.5, 0.6) is 0 Å². The van der Waals surface area contributed by atoms with Crippen LogP contribution in [0.3, 0.4) is 0 Å². The summed E-state index contributed by atoms with van der Waals surface area (Å²) >= 11 is 5.86. The van der Waals surface area contributed by atoms with Crippen molar-refractivity contribution in [3.63, 3.8) is 0 Å². The summed E-state index contributed by atoms with van der Waals surface area (Å²) in [5, 5.41) is 13.3. The Kier molecular flexibility index (Phi) is 4.99. The first-order valence-corrected chi connectivity index (χ1v) is 8.50. The van der Waals surface area contributed by atoms with E-state index in [1.165, 1.54) is 18.2 Å². The standard InChI is InChI=1S/C19H17ClF3NO2/c20-13-7-5-12(6-8-13)18(9-10-18)17(26)24-11-16(25)14-3-1-2-4-15(14)19(21,22)23/h1-8,16,25H,9-11H2,(H,24,26). The van der Waals surface area contributed by atoms with Crippen molar-refractivity contribution in [2.24, 2.45) is 0 Å². The normalized spacial score (nSPS) is 16.8. The minimum atomic E-state index is -4.57. The van der Waals surface area contributed by atoms with Gasteiger partial charge in [-0.2, -0.15) is 13.2 Å². The molecule has 0 spiro atoms. The minimum Gasteiger partial charge on any atom is -0.387 e. The zero-order valence-corrected chi connectivity index (χ0v) is 14.4. The first kappa shape index (κ1) is 18.7. The van der Waals surface area contributed by atoms with Gasteiger partial charge in [-0.15, -0.1) is 0 Å². The van der Waals surface area contributed by atoms with Gasteiger partial charge >= 0.3 is 6.18 Å². The molecule has 1 saturated carbocycles. The van der Waals surface area contributed by atoms with Gasteiger partial charge in [0.15, 0.2) is 0 Å². The third-order valence-corrected chi connectivity index (χ3v) is 4.91. The molecule has 1 amide bonds.